The lowest BCUT2D eigenvalue weighted by atomic mass is 9.81. The number of carboxylic acids is 1. The molecule has 3 rings (SSSR count). The number of nitrogens with zero attached hydrogens (tertiary/aromatic N) is 2. The van der Waals surface area contributed by atoms with Gasteiger partial charge in [-0.1, -0.05) is 60.5 Å². The number of carboxylic acid groups (broad SMARTS) is 1. The molecule has 0 bridgehead atoms. The van der Waals surface area contributed by atoms with E-state index in [1.807, 2.05) is 0 Å². The Balaban J connectivity index is 2.39. The van der Waals surface area contributed by atoms with Crippen LogP contribution in [-0.4, -0.2) is 39.4 Å². The van der Waals surface area contributed by atoms with E-state index in [0.717, 1.165) is 7.11 Å². The minimum absolute atomic E-state index is 0.165. The minimum Gasteiger partial charge on any atom is -0.478 e. The molecule has 0 amide bonds. The molecular weight excluding hydrogens is 372 g/mol. The van der Waals surface area contributed by atoms with E-state index in [1.54, 1.807) is 25.1 Å². The Bertz CT molecular complexity index is 1200. The Hall–Kier alpha value is -3.29. The fourth-order valence-corrected chi connectivity index (χ4v) is 3.03. The number of aliphatic carboxylic acids is 1. The molecule has 7 heteroatoms. The molecule has 7 nitrogen and oxygen atoms in total. The summed E-state index contributed by atoms with van der Waals surface area (Å²) in [4.78, 5) is 20.7. The minimum atomic E-state index is -2.20. The van der Waals surface area contributed by atoms with Crippen molar-refractivity contribution in [1.29, 1.82) is 0 Å². The number of aryl methyl sites for hydroxylation is 1. The standard InChI is InChI=1S/C22H22N2O5/c1-15-13-18(14-25)24-21(23-15)29-19(20(26)27)22(28-2,16-9-5-3-6-10-16)17-11-7-4-8-12-17/h3-13,19,25H,14H2,1-2H3,(H,26,27)/i3D,5D,6D,9D,10D. The quantitative estimate of drug-likeness (QED) is 0.600. The number of aliphatic hydroxyl groups excluding tert-OH is 1. The van der Waals surface area contributed by atoms with E-state index in [1.165, 1.54) is 18.2 Å². The number of benzene rings is 2. The average molecular weight is 399 g/mol. The number of methoxy groups -OCH3 is 1. The molecule has 3 aromatic rings. The zero-order valence-corrected chi connectivity index (χ0v) is 15.8. The Morgan fingerprint density at radius 2 is 1.86 bits per heavy atom. The van der Waals surface area contributed by atoms with Crippen molar-refractivity contribution in [2.45, 2.75) is 25.2 Å². The van der Waals surface area contributed by atoms with Gasteiger partial charge in [-0.15, -0.1) is 0 Å². The average Bonchev–Trinajstić information content (AvgIpc) is 2.83. The summed E-state index contributed by atoms with van der Waals surface area (Å²) in [5, 5.41) is 19.7. The predicted molar refractivity (Wildman–Crippen MR) is 105 cm³/mol. The van der Waals surface area contributed by atoms with Crippen LogP contribution in [0.1, 0.15) is 29.4 Å². The summed E-state index contributed by atoms with van der Waals surface area (Å²) >= 11 is 0. The molecule has 0 aliphatic carbocycles. The van der Waals surface area contributed by atoms with E-state index in [4.69, 9.17) is 16.3 Å². The van der Waals surface area contributed by atoms with Gasteiger partial charge in [-0.25, -0.2) is 9.78 Å². The van der Waals surface area contributed by atoms with Crippen LogP contribution in [0.4, 0.5) is 0 Å². The fraction of sp³-hybridized carbons (Fsp3) is 0.227. The summed E-state index contributed by atoms with van der Waals surface area (Å²) in [5.74, 6) is -1.56. The third-order valence-corrected chi connectivity index (χ3v) is 4.26. The van der Waals surface area contributed by atoms with Gasteiger partial charge in [0.2, 0.25) is 6.10 Å². The van der Waals surface area contributed by atoms with Crippen LogP contribution in [0, 0.1) is 6.92 Å². The number of rotatable bonds is 8. The van der Waals surface area contributed by atoms with E-state index in [0.29, 0.717) is 5.69 Å². The van der Waals surface area contributed by atoms with E-state index in [9.17, 15) is 15.0 Å². The highest BCUT2D eigenvalue weighted by Crippen LogP contribution is 2.38. The van der Waals surface area contributed by atoms with Crippen molar-refractivity contribution in [3.8, 4) is 6.01 Å². The van der Waals surface area contributed by atoms with Crippen molar-refractivity contribution in [3.05, 3.63) is 89.1 Å². The topological polar surface area (TPSA) is 102 Å². The number of carbonyl (C=O) groups is 1. The lowest BCUT2D eigenvalue weighted by Crippen LogP contribution is -2.50. The monoisotopic (exact) mass is 399 g/mol. The molecule has 0 fully saturated rings. The SMILES string of the molecule is [2H]c1c([2H])c([2H])c(C(OC)(c2ccccc2)C(Oc2nc(C)cc(CO)n2)C(=O)O)c([2H])c1[2H]. The predicted octanol–water partition coefficient (Wildman–Crippen LogP) is 2.70. The summed E-state index contributed by atoms with van der Waals surface area (Å²) in [7, 11) is 1.16. The molecule has 0 aliphatic rings. The van der Waals surface area contributed by atoms with Gasteiger partial charge in [0.25, 0.3) is 0 Å². The molecule has 1 heterocycles. The second-order valence-corrected chi connectivity index (χ2v) is 6.08. The van der Waals surface area contributed by atoms with Crippen LogP contribution in [0.15, 0.2) is 66.6 Å². The first-order chi connectivity index (χ1) is 16.1. The maximum Gasteiger partial charge on any atom is 0.348 e. The van der Waals surface area contributed by atoms with Crippen molar-refractivity contribution < 1.29 is 31.3 Å². The molecule has 0 saturated heterocycles. The Kier molecular flexibility index (Phi) is 4.46. The molecule has 0 saturated carbocycles. The van der Waals surface area contributed by atoms with Crippen LogP contribution in [0.3, 0.4) is 0 Å². The second kappa shape index (κ2) is 8.81. The van der Waals surface area contributed by atoms with Gasteiger partial charge in [0.1, 0.15) is 0 Å². The van der Waals surface area contributed by atoms with Gasteiger partial charge in [0, 0.05) is 12.8 Å². The maximum absolute atomic E-state index is 12.6. The van der Waals surface area contributed by atoms with E-state index < -0.39 is 60.1 Å². The molecule has 2 aromatic carbocycles. The normalized spacial score (nSPS) is 16.4. The first-order valence-corrected chi connectivity index (χ1v) is 8.61. The van der Waals surface area contributed by atoms with Gasteiger partial charge >= 0.3 is 12.0 Å². The number of aliphatic hydroxyl groups is 1. The zero-order chi connectivity index (χ0) is 25.2. The number of hydrogen-bond donors (Lipinski definition) is 2. The van der Waals surface area contributed by atoms with Crippen LogP contribution in [-0.2, 0) is 21.7 Å². The van der Waals surface area contributed by atoms with Crippen molar-refractivity contribution in [3.63, 3.8) is 0 Å². The van der Waals surface area contributed by atoms with Gasteiger partial charge in [-0.05, 0) is 24.1 Å². The van der Waals surface area contributed by atoms with Gasteiger partial charge in [0.15, 0.2) is 5.60 Å². The second-order valence-electron chi connectivity index (χ2n) is 6.08. The van der Waals surface area contributed by atoms with Gasteiger partial charge in [-0.3, -0.25) is 0 Å². The van der Waals surface area contributed by atoms with Crippen molar-refractivity contribution in [1.82, 2.24) is 9.97 Å². The van der Waals surface area contributed by atoms with Gasteiger partial charge in [0.05, 0.1) is 19.2 Å². The first kappa shape index (κ1) is 14.7. The van der Waals surface area contributed by atoms with Crippen LogP contribution in [0.2, 0.25) is 0 Å². The van der Waals surface area contributed by atoms with Crippen molar-refractivity contribution in [2.75, 3.05) is 7.11 Å². The lowest BCUT2D eigenvalue weighted by molar-refractivity contribution is -0.160. The largest absolute Gasteiger partial charge is 0.478 e. The maximum atomic E-state index is 12.6. The number of ether oxygens (including phenoxy) is 2. The van der Waals surface area contributed by atoms with E-state index in [-0.39, 0.29) is 17.3 Å². The van der Waals surface area contributed by atoms with Crippen molar-refractivity contribution >= 4 is 5.97 Å². The van der Waals surface area contributed by atoms with E-state index >= 15 is 0 Å². The highest BCUT2D eigenvalue weighted by molar-refractivity contribution is 5.76. The molecule has 2 N–H and O–H groups in total. The summed E-state index contributed by atoms with van der Waals surface area (Å²) in [6.45, 7) is 1.15. The van der Waals surface area contributed by atoms with Crippen LogP contribution >= 0.6 is 0 Å². The van der Waals surface area contributed by atoms with Crippen LogP contribution in [0.5, 0.6) is 6.01 Å². The first-order valence-electron chi connectivity index (χ1n) is 11.1. The highest BCUT2D eigenvalue weighted by Gasteiger charge is 2.49. The summed E-state index contributed by atoms with van der Waals surface area (Å²) in [6, 6.07) is 5.69. The molecule has 2 atom stereocenters. The molecule has 1 aromatic heterocycles. The van der Waals surface area contributed by atoms with Crippen LogP contribution in [0.25, 0.3) is 0 Å². The molecular formula is C22H22N2O5. The Morgan fingerprint density at radius 1 is 1.17 bits per heavy atom. The molecule has 0 radical (unpaired) electrons. The smallest absolute Gasteiger partial charge is 0.348 e. The fourth-order valence-electron chi connectivity index (χ4n) is 3.03. The highest BCUT2D eigenvalue weighted by atomic mass is 16.6. The van der Waals surface area contributed by atoms with Gasteiger partial charge in [-0.2, -0.15) is 4.98 Å². The van der Waals surface area contributed by atoms with Crippen LogP contribution < -0.4 is 4.74 Å². The molecule has 29 heavy (non-hydrogen) atoms. The third-order valence-electron chi connectivity index (χ3n) is 4.26. The zero-order valence-electron chi connectivity index (χ0n) is 20.8. The summed E-state index contributed by atoms with van der Waals surface area (Å²) < 4.78 is 52.5. The summed E-state index contributed by atoms with van der Waals surface area (Å²) in [5.41, 5.74) is -1.89. The van der Waals surface area contributed by atoms with E-state index in [2.05, 4.69) is 9.97 Å². The van der Waals surface area contributed by atoms with Gasteiger partial charge < -0.3 is 19.7 Å². The third kappa shape index (κ3) is 4.11. The summed E-state index contributed by atoms with van der Waals surface area (Å²) in [6.07, 6.45) is -1.99. The molecule has 150 valence electrons. The van der Waals surface area contributed by atoms with Crippen molar-refractivity contribution in [2.24, 2.45) is 0 Å². The lowest BCUT2D eigenvalue weighted by Gasteiger charge is -2.37. The number of aromatic nitrogens is 2. The Labute approximate surface area is 175 Å². The Morgan fingerprint density at radius 3 is 2.45 bits per heavy atom. The molecule has 0 aliphatic heterocycles. The number of hydrogen-bond acceptors (Lipinski definition) is 6. The molecule has 0 spiro atoms. The molecule has 2 unspecified atom stereocenters.